The molecule has 0 heterocycles. The van der Waals surface area contributed by atoms with Crippen LogP contribution >= 0.6 is 0 Å². The van der Waals surface area contributed by atoms with E-state index < -0.39 is 29.8 Å². The fourth-order valence-electron chi connectivity index (χ4n) is 1.76. The first-order valence-corrected chi connectivity index (χ1v) is 5.43. The van der Waals surface area contributed by atoms with Gasteiger partial charge in [0.15, 0.2) is 0 Å². The van der Waals surface area contributed by atoms with Crippen molar-refractivity contribution in [2.45, 2.75) is 6.42 Å². The number of benzene rings is 2. The first kappa shape index (κ1) is 13.1. The summed E-state index contributed by atoms with van der Waals surface area (Å²) in [5.74, 6) is -3.44. The first-order valence-electron chi connectivity index (χ1n) is 5.43. The maximum atomic E-state index is 13.8. The van der Waals surface area contributed by atoms with Crippen LogP contribution in [0.1, 0.15) is 5.56 Å². The van der Waals surface area contributed by atoms with Gasteiger partial charge in [-0.2, -0.15) is 0 Å². The Hall–Kier alpha value is -2.30. The van der Waals surface area contributed by atoms with Gasteiger partial charge in [0.1, 0.15) is 17.5 Å². The largest absolute Gasteiger partial charge is 0.481 e. The van der Waals surface area contributed by atoms with E-state index in [1.54, 1.807) is 0 Å². The van der Waals surface area contributed by atoms with Crippen LogP contribution in [-0.4, -0.2) is 11.1 Å². The van der Waals surface area contributed by atoms with Crippen molar-refractivity contribution in [3.63, 3.8) is 0 Å². The van der Waals surface area contributed by atoms with Crippen LogP contribution in [0.15, 0.2) is 36.4 Å². The molecule has 0 amide bonds. The molecule has 2 aromatic carbocycles. The van der Waals surface area contributed by atoms with Crippen molar-refractivity contribution in [3.05, 3.63) is 59.4 Å². The summed E-state index contributed by atoms with van der Waals surface area (Å²) in [6.45, 7) is 0. The number of hydrogen-bond donors (Lipinski definition) is 1. The van der Waals surface area contributed by atoms with Gasteiger partial charge in [-0.05, 0) is 29.8 Å². The van der Waals surface area contributed by atoms with E-state index in [0.29, 0.717) is 0 Å². The molecule has 0 aliphatic rings. The Bertz CT molecular complexity index is 639. The number of hydrogen-bond acceptors (Lipinski definition) is 1. The summed E-state index contributed by atoms with van der Waals surface area (Å²) in [6.07, 6.45) is -0.605. The molecule has 0 spiro atoms. The second kappa shape index (κ2) is 5.14. The van der Waals surface area contributed by atoms with E-state index in [1.165, 1.54) is 18.2 Å². The highest BCUT2D eigenvalue weighted by Gasteiger charge is 2.14. The zero-order valence-electron chi connectivity index (χ0n) is 9.66. The van der Waals surface area contributed by atoms with Gasteiger partial charge in [0.25, 0.3) is 0 Å². The standard InChI is InChI=1S/C14H9F3O2/c15-10-3-1-2-8(4-10)11-7-12(16)9(5-13(11)17)6-14(18)19/h1-5,7H,6H2,(H,18,19). The number of halogens is 3. The van der Waals surface area contributed by atoms with Crippen LogP contribution in [0, 0.1) is 17.5 Å². The molecule has 0 radical (unpaired) electrons. The summed E-state index contributed by atoms with van der Waals surface area (Å²) in [6, 6.07) is 6.79. The summed E-state index contributed by atoms with van der Waals surface area (Å²) in [5, 5.41) is 8.57. The smallest absolute Gasteiger partial charge is 0.307 e. The third kappa shape index (κ3) is 2.93. The Balaban J connectivity index is 2.49. The molecule has 0 fully saturated rings. The number of carbonyl (C=O) groups is 1. The van der Waals surface area contributed by atoms with Gasteiger partial charge in [0.05, 0.1) is 6.42 Å². The number of rotatable bonds is 3. The molecule has 0 aliphatic carbocycles. The third-order valence-corrected chi connectivity index (χ3v) is 2.61. The Labute approximate surface area is 107 Å². The van der Waals surface area contributed by atoms with Gasteiger partial charge in [-0.1, -0.05) is 12.1 Å². The number of carboxylic acid groups (broad SMARTS) is 1. The maximum absolute atomic E-state index is 13.8. The Morgan fingerprint density at radius 2 is 1.79 bits per heavy atom. The molecular formula is C14H9F3O2. The van der Waals surface area contributed by atoms with Crippen molar-refractivity contribution in [2.24, 2.45) is 0 Å². The predicted octanol–water partition coefficient (Wildman–Crippen LogP) is 3.40. The number of aliphatic carboxylic acids is 1. The lowest BCUT2D eigenvalue weighted by atomic mass is 10.0. The lowest BCUT2D eigenvalue weighted by Gasteiger charge is -2.07. The minimum absolute atomic E-state index is 0.105. The van der Waals surface area contributed by atoms with E-state index in [9.17, 15) is 18.0 Å². The average molecular weight is 266 g/mol. The molecule has 0 aliphatic heterocycles. The second-order valence-corrected chi connectivity index (χ2v) is 4.00. The summed E-state index contributed by atoms with van der Waals surface area (Å²) < 4.78 is 40.5. The van der Waals surface area contributed by atoms with Gasteiger partial charge in [-0.3, -0.25) is 4.79 Å². The molecule has 0 saturated carbocycles. The number of carboxylic acids is 1. The van der Waals surface area contributed by atoms with Crippen LogP contribution in [0.5, 0.6) is 0 Å². The first-order chi connectivity index (χ1) is 8.97. The van der Waals surface area contributed by atoms with Crippen LogP contribution in [0.2, 0.25) is 0 Å². The van der Waals surface area contributed by atoms with Crippen molar-refractivity contribution in [1.29, 1.82) is 0 Å². The van der Waals surface area contributed by atoms with Crippen LogP contribution in [0.4, 0.5) is 13.2 Å². The Morgan fingerprint density at radius 1 is 1.05 bits per heavy atom. The van der Waals surface area contributed by atoms with Gasteiger partial charge in [-0.15, -0.1) is 0 Å². The van der Waals surface area contributed by atoms with Gasteiger partial charge in [0.2, 0.25) is 0 Å². The summed E-state index contributed by atoms with van der Waals surface area (Å²) in [7, 11) is 0. The highest BCUT2D eigenvalue weighted by Crippen LogP contribution is 2.26. The molecule has 2 nitrogen and oxygen atoms in total. The molecule has 0 aromatic heterocycles. The SMILES string of the molecule is O=C(O)Cc1cc(F)c(-c2cccc(F)c2)cc1F. The molecule has 0 atom stereocenters. The Kier molecular flexibility index (Phi) is 3.55. The van der Waals surface area contributed by atoms with E-state index in [-0.39, 0.29) is 16.7 Å². The van der Waals surface area contributed by atoms with Crippen LogP contribution in [0.3, 0.4) is 0 Å². The van der Waals surface area contributed by atoms with Crippen molar-refractivity contribution >= 4 is 5.97 Å². The van der Waals surface area contributed by atoms with Crippen LogP contribution < -0.4 is 0 Å². The van der Waals surface area contributed by atoms with E-state index in [2.05, 4.69) is 0 Å². The molecule has 2 rings (SSSR count). The zero-order valence-corrected chi connectivity index (χ0v) is 9.66. The van der Waals surface area contributed by atoms with E-state index >= 15 is 0 Å². The fraction of sp³-hybridized carbons (Fsp3) is 0.0714. The predicted molar refractivity (Wildman–Crippen MR) is 63.1 cm³/mol. The van der Waals surface area contributed by atoms with Gasteiger partial charge < -0.3 is 5.11 Å². The third-order valence-electron chi connectivity index (χ3n) is 2.61. The quantitative estimate of drug-likeness (QED) is 0.924. The average Bonchev–Trinajstić information content (AvgIpc) is 2.32. The molecule has 0 unspecified atom stereocenters. The lowest BCUT2D eigenvalue weighted by Crippen LogP contribution is -2.04. The minimum atomic E-state index is -1.25. The lowest BCUT2D eigenvalue weighted by molar-refractivity contribution is -0.136. The second-order valence-electron chi connectivity index (χ2n) is 4.00. The highest BCUT2D eigenvalue weighted by molar-refractivity contribution is 5.71. The van der Waals surface area contributed by atoms with Crippen LogP contribution in [0.25, 0.3) is 11.1 Å². The summed E-state index contributed by atoms with van der Waals surface area (Å²) in [4.78, 5) is 10.5. The van der Waals surface area contributed by atoms with E-state index in [1.807, 2.05) is 0 Å². The maximum Gasteiger partial charge on any atom is 0.307 e. The molecule has 5 heteroatoms. The highest BCUT2D eigenvalue weighted by atomic mass is 19.1. The van der Waals surface area contributed by atoms with Gasteiger partial charge >= 0.3 is 5.97 Å². The van der Waals surface area contributed by atoms with E-state index in [0.717, 1.165) is 18.2 Å². The molecule has 2 aromatic rings. The van der Waals surface area contributed by atoms with Gasteiger partial charge in [-0.25, -0.2) is 13.2 Å². The van der Waals surface area contributed by atoms with Crippen molar-refractivity contribution < 1.29 is 23.1 Å². The molecule has 19 heavy (non-hydrogen) atoms. The zero-order chi connectivity index (χ0) is 14.0. The normalized spacial score (nSPS) is 10.5. The molecule has 98 valence electrons. The van der Waals surface area contributed by atoms with Crippen molar-refractivity contribution in [2.75, 3.05) is 0 Å². The monoisotopic (exact) mass is 266 g/mol. The van der Waals surface area contributed by atoms with Crippen molar-refractivity contribution in [1.82, 2.24) is 0 Å². The molecule has 0 bridgehead atoms. The fourth-order valence-corrected chi connectivity index (χ4v) is 1.76. The minimum Gasteiger partial charge on any atom is -0.481 e. The van der Waals surface area contributed by atoms with Gasteiger partial charge in [0, 0.05) is 11.1 Å². The van der Waals surface area contributed by atoms with Crippen LogP contribution in [-0.2, 0) is 11.2 Å². The summed E-state index contributed by atoms with van der Waals surface area (Å²) in [5.41, 5.74) is -0.158. The van der Waals surface area contributed by atoms with E-state index in [4.69, 9.17) is 5.11 Å². The Morgan fingerprint density at radius 3 is 2.42 bits per heavy atom. The molecule has 1 N–H and O–H groups in total. The topological polar surface area (TPSA) is 37.3 Å². The van der Waals surface area contributed by atoms with Crippen molar-refractivity contribution in [3.8, 4) is 11.1 Å². The molecule has 0 saturated heterocycles. The summed E-state index contributed by atoms with van der Waals surface area (Å²) >= 11 is 0. The molecular weight excluding hydrogens is 257 g/mol.